The number of piperidine rings is 1. The van der Waals surface area contributed by atoms with Crippen molar-refractivity contribution in [2.45, 2.75) is 68.7 Å². The van der Waals surface area contributed by atoms with Crippen molar-refractivity contribution in [3.63, 3.8) is 0 Å². The SMILES string of the molecule is COC(=O)N[C@H]1CC[C@H]2CC[C@@H](c3nc4ccc(-c5ccc(-c6ccc7nc([C@@H]8CCCN8C(=O)[C@@H](c8ccccc8)N(C)C)[nH]c7c6)cc5)cc4[nH]3)N2C1=O. The molecule has 0 aliphatic carbocycles. The number of imidazole rings is 2. The van der Waals surface area contributed by atoms with Crippen molar-refractivity contribution in [3.05, 3.63) is 108 Å². The smallest absolute Gasteiger partial charge is 0.407 e. The van der Waals surface area contributed by atoms with E-state index in [0.29, 0.717) is 13.0 Å². The van der Waals surface area contributed by atoms with Gasteiger partial charge >= 0.3 is 6.09 Å². The summed E-state index contributed by atoms with van der Waals surface area (Å²) in [5.74, 6) is 1.63. The second kappa shape index (κ2) is 14.6. The Hall–Kier alpha value is -6.01. The molecule has 0 saturated carbocycles. The number of ether oxygens (including phenoxy) is 1. The van der Waals surface area contributed by atoms with Gasteiger partial charge in [0.15, 0.2) is 0 Å². The minimum Gasteiger partial charge on any atom is -0.453 e. The first-order valence-corrected chi connectivity index (χ1v) is 19.5. The van der Waals surface area contributed by atoms with Gasteiger partial charge in [-0.25, -0.2) is 14.8 Å². The molecule has 5 heterocycles. The summed E-state index contributed by atoms with van der Waals surface area (Å²) in [7, 11) is 5.22. The second-order valence-electron chi connectivity index (χ2n) is 15.5. The topological polar surface area (TPSA) is 140 Å². The van der Waals surface area contributed by atoms with Gasteiger partial charge < -0.3 is 29.8 Å². The van der Waals surface area contributed by atoms with Crippen LogP contribution in [0.5, 0.6) is 0 Å². The van der Waals surface area contributed by atoms with E-state index < -0.39 is 12.1 Å². The molecule has 286 valence electrons. The number of benzene rings is 4. The molecular formula is C44H46N8O4. The Morgan fingerprint density at radius 1 is 0.768 bits per heavy atom. The number of H-pyrrole nitrogens is 2. The number of hydrogen-bond acceptors (Lipinski definition) is 7. The average Bonchev–Trinajstić information content (AvgIpc) is 4.04. The molecule has 6 aromatic rings. The van der Waals surface area contributed by atoms with Crippen LogP contribution in [-0.4, -0.2) is 92.4 Å². The van der Waals surface area contributed by atoms with Gasteiger partial charge in [0.1, 0.15) is 23.7 Å². The lowest BCUT2D eigenvalue weighted by atomic mass is 9.98. The van der Waals surface area contributed by atoms with Gasteiger partial charge in [-0.3, -0.25) is 14.5 Å². The number of aromatic nitrogens is 4. The lowest BCUT2D eigenvalue weighted by Crippen LogP contribution is -2.54. The van der Waals surface area contributed by atoms with Gasteiger partial charge in [-0.15, -0.1) is 0 Å². The van der Waals surface area contributed by atoms with Gasteiger partial charge in [0.05, 0.1) is 41.3 Å². The third-order valence-corrected chi connectivity index (χ3v) is 11.9. The molecule has 0 radical (unpaired) electrons. The molecule has 12 heteroatoms. The zero-order valence-corrected chi connectivity index (χ0v) is 31.9. The number of hydrogen-bond donors (Lipinski definition) is 3. The zero-order chi connectivity index (χ0) is 38.5. The number of alkyl carbamates (subject to hydrolysis) is 1. The lowest BCUT2D eigenvalue weighted by Gasteiger charge is -2.37. The molecule has 3 saturated heterocycles. The molecule has 12 nitrogen and oxygen atoms in total. The van der Waals surface area contributed by atoms with Crippen molar-refractivity contribution in [3.8, 4) is 22.3 Å². The first-order chi connectivity index (χ1) is 27.2. The molecule has 3 aliphatic heterocycles. The molecule has 56 heavy (non-hydrogen) atoms. The number of nitrogens with zero attached hydrogens (tertiary/aromatic N) is 5. The number of carbonyl (C=O) groups is 3. The van der Waals surface area contributed by atoms with E-state index in [1.165, 1.54) is 7.11 Å². The molecule has 0 bridgehead atoms. The van der Waals surface area contributed by atoms with E-state index in [0.717, 1.165) is 93.6 Å². The van der Waals surface area contributed by atoms with E-state index in [9.17, 15) is 14.4 Å². The largest absolute Gasteiger partial charge is 0.453 e. The van der Waals surface area contributed by atoms with Crippen LogP contribution in [0.15, 0.2) is 91.0 Å². The van der Waals surface area contributed by atoms with Gasteiger partial charge in [-0.1, -0.05) is 66.7 Å². The maximum absolute atomic E-state index is 14.0. The fourth-order valence-corrected chi connectivity index (χ4v) is 9.12. The van der Waals surface area contributed by atoms with Crippen LogP contribution >= 0.6 is 0 Å². The zero-order valence-electron chi connectivity index (χ0n) is 31.9. The van der Waals surface area contributed by atoms with Gasteiger partial charge in [0.25, 0.3) is 0 Å². The number of nitrogens with one attached hydrogen (secondary N) is 3. The third kappa shape index (κ3) is 6.47. The third-order valence-electron chi connectivity index (χ3n) is 11.9. The molecule has 5 atom stereocenters. The fraction of sp³-hybridized carbons (Fsp3) is 0.341. The van der Waals surface area contributed by atoms with Crippen LogP contribution in [0.4, 0.5) is 4.79 Å². The van der Waals surface area contributed by atoms with Crippen molar-refractivity contribution in [2.75, 3.05) is 27.7 Å². The van der Waals surface area contributed by atoms with E-state index in [-0.39, 0.29) is 36.0 Å². The minimum absolute atomic E-state index is 0.0766. The van der Waals surface area contributed by atoms with Crippen molar-refractivity contribution in [1.29, 1.82) is 0 Å². The number of rotatable bonds is 8. The highest BCUT2D eigenvalue weighted by Gasteiger charge is 2.45. The maximum Gasteiger partial charge on any atom is 0.407 e. The summed E-state index contributed by atoms with van der Waals surface area (Å²) in [5, 5.41) is 2.70. The Kier molecular flexibility index (Phi) is 9.28. The summed E-state index contributed by atoms with van der Waals surface area (Å²) >= 11 is 0. The molecule has 4 aromatic carbocycles. The first kappa shape index (κ1) is 35.7. The molecular weight excluding hydrogens is 705 g/mol. The van der Waals surface area contributed by atoms with E-state index in [4.69, 9.17) is 14.7 Å². The molecule has 0 spiro atoms. The second-order valence-corrected chi connectivity index (χ2v) is 15.5. The highest BCUT2D eigenvalue weighted by Crippen LogP contribution is 2.41. The Balaban J connectivity index is 0.913. The van der Waals surface area contributed by atoms with E-state index in [1.54, 1.807) is 0 Å². The monoisotopic (exact) mass is 750 g/mol. The molecule has 3 N–H and O–H groups in total. The average molecular weight is 751 g/mol. The highest BCUT2D eigenvalue weighted by molar-refractivity contribution is 5.88. The summed E-state index contributed by atoms with van der Waals surface area (Å²) in [6.07, 6.45) is 4.41. The number of carbonyl (C=O) groups excluding carboxylic acids is 3. The maximum atomic E-state index is 14.0. The van der Waals surface area contributed by atoms with Crippen LogP contribution in [0.1, 0.15) is 73.9 Å². The normalized spacial score (nSPS) is 21.5. The highest BCUT2D eigenvalue weighted by atomic mass is 16.5. The van der Waals surface area contributed by atoms with Crippen LogP contribution in [-0.2, 0) is 14.3 Å². The number of fused-ring (bicyclic) bond motifs is 3. The standard InChI is InChI=1S/C44H46N8O4/c1-50(2)39(28-8-5-4-6-9-28)43(54)51-23-7-10-37(51)40-45-32-19-15-29(24-35(32)47-40)26-11-13-27(14-12-26)30-16-20-33-36(25-30)48-41(46-33)38-22-18-31-17-21-34(42(53)52(31)38)49-44(55)56-3/h4-6,8-9,11-16,19-20,24-25,31,34,37-39H,7,10,17-18,21-23H2,1-3H3,(H,45,47)(H,46,48)(H,49,55)/t31-,34-,37-,38-,39+/m0/s1. The molecule has 2 aromatic heterocycles. The molecule has 3 fully saturated rings. The van der Waals surface area contributed by atoms with Crippen LogP contribution in [0.3, 0.4) is 0 Å². The van der Waals surface area contributed by atoms with Crippen molar-refractivity contribution in [1.82, 2.24) is 40.0 Å². The molecule has 0 unspecified atom stereocenters. The summed E-state index contributed by atoms with van der Waals surface area (Å²) in [5.41, 5.74) is 8.90. The van der Waals surface area contributed by atoms with Crippen LogP contribution in [0.25, 0.3) is 44.3 Å². The van der Waals surface area contributed by atoms with Crippen molar-refractivity contribution >= 4 is 40.0 Å². The number of aromatic amines is 2. The van der Waals surface area contributed by atoms with Crippen molar-refractivity contribution < 1.29 is 19.1 Å². The van der Waals surface area contributed by atoms with Gasteiger partial charge in [-0.2, -0.15) is 0 Å². The fourth-order valence-electron chi connectivity index (χ4n) is 9.12. The van der Waals surface area contributed by atoms with E-state index in [2.05, 4.69) is 69.9 Å². The quantitative estimate of drug-likeness (QED) is 0.149. The van der Waals surface area contributed by atoms with E-state index >= 15 is 0 Å². The predicted molar refractivity (Wildman–Crippen MR) is 214 cm³/mol. The molecule has 3 amide bonds. The number of likely N-dealkylation sites (N-methyl/N-ethyl adjacent to an activating group) is 1. The van der Waals surface area contributed by atoms with Crippen molar-refractivity contribution in [2.24, 2.45) is 0 Å². The number of amides is 3. The Labute approximate surface area is 325 Å². The first-order valence-electron chi connectivity index (χ1n) is 19.5. The minimum atomic E-state index is -0.589. The summed E-state index contributed by atoms with van der Waals surface area (Å²) < 4.78 is 4.75. The Morgan fingerprint density at radius 2 is 1.36 bits per heavy atom. The summed E-state index contributed by atoms with van der Waals surface area (Å²) in [6, 6.07) is 30.0. The lowest BCUT2D eigenvalue weighted by molar-refractivity contribution is -0.140. The summed E-state index contributed by atoms with van der Waals surface area (Å²) in [4.78, 5) is 62.2. The number of likely N-dealkylation sites (tertiary alicyclic amines) is 1. The van der Waals surface area contributed by atoms with Gasteiger partial charge in [-0.05, 0) is 105 Å². The van der Waals surface area contributed by atoms with Crippen LogP contribution in [0.2, 0.25) is 0 Å². The Bertz CT molecular complexity index is 2420. The Morgan fingerprint density at radius 3 is 1.96 bits per heavy atom. The van der Waals surface area contributed by atoms with E-state index in [1.807, 2.05) is 65.2 Å². The van der Waals surface area contributed by atoms with Gasteiger partial charge in [0.2, 0.25) is 11.8 Å². The van der Waals surface area contributed by atoms with Gasteiger partial charge in [0, 0.05) is 12.6 Å². The molecule has 9 rings (SSSR count). The predicted octanol–water partition coefficient (Wildman–Crippen LogP) is 7.29. The number of methoxy groups -OCH3 is 1. The summed E-state index contributed by atoms with van der Waals surface area (Å²) in [6.45, 7) is 0.711. The van der Waals surface area contributed by atoms with Crippen LogP contribution < -0.4 is 5.32 Å². The molecule has 3 aliphatic rings. The van der Waals surface area contributed by atoms with Crippen LogP contribution in [0, 0.1) is 0 Å².